The minimum absolute atomic E-state index is 1.24. The summed E-state index contributed by atoms with van der Waals surface area (Å²) in [6.45, 7) is 15.5. The third-order valence-electron chi connectivity index (χ3n) is 6.78. The topological polar surface area (TPSA) is 0 Å². The van der Waals surface area contributed by atoms with Gasteiger partial charge in [0.2, 0.25) is 0 Å². The van der Waals surface area contributed by atoms with Gasteiger partial charge in [0.05, 0.1) is 0 Å². The fourth-order valence-electron chi connectivity index (χ4n) is 6.28. The first-order valence-corrected chi connectivity index (χ1v) is 27.0. The fraction of sp³-hybridized carbons (Fsp3) is 0.267. The molecule has 1 heterocycles. The van der Waals surface area contributed by atoms with Gasteiger partial charge in [-0.2, -0.15) is 0 Å². The Kier molecular flexibility index (Phi) is 5.78. The van der Waals surface area contributed by atoms with Crippen molar-refractivity contribution in [2.45, 2.75) is 47.4 Å². The Bertz CT molecular complexity index is 1470. The van der Waals surface area contributed by atoms with E-state index in [1.54, 1.807) is 0 Å². The van der Waals surface area contributed by atoms with Crippen LogP contribution in [0.4, 0.5) is 0 Å². The molecule has 0 saturated heterocycles. The molecule has 0 spiro atoms. The monoisotopic (exact) mass is 572 g/mol. The number of benzene rings is 4. The summed E-state index contributed by atoms with van der Waals surface area (Å²) < 4.78 is 8.79. The summed E-state index contributed by atoms with van der Waals surface area (Å²) >= 11 is -2.79. The minimum atomic E-state index is -2.79. The molecule has 33 heavy (non-hydrogen) atoms. The Labute approximate surface area is 204 Å². The molecule has 0 aromatic heterocycles. The van der Waals surface area contributed by atoms with E-state index >= 15 is 0 Å². The van der Waals surface area contributed by atoms with Crippen LogP contribution >= 0.6 is 0 Å². The van der Waals surface area contributed by atoms with Crippen LogP contribution in [0.2, 0.25) is 47.4 Å². The first-order valence-electron chi connectivity index (χ1n) is 12.3. The van der Waals surface area contributed by atoms with Crippen LogP contribution < -0.4 is 10.4 Å². The van der Waals surface area contributed by atoms with Gasteiger partial charge in [-0.15, -0.1) is 0 Å². The van der Waals surface area contributed by atoms with Gasteiger partial charge >= 0.3 is 205 Å². The molecule has 4 aromatic carbocycles. The van der Waals surface area contributed by atoms with Gasteiger partial charge in [-0.3, -0.25) is 0 Å². The van der Waals surface area contributed by atoms with Gasteiger partial charge in [-0.05, 0) is 0 Å². The average molecular weight is 572 g/mol. The molecule has 0 nitrogen and oxygen atoms in total. The van der Waals surface area contributed by atoms with Gasteiger partial charge in [0.1, 0.15) is 0 Å². The maximum atomic E-state index is 2.89. The molecular weight excluding hydrogens is 535 g/mol. The molecule has 0 saturated carbocycles. The number of hydrogen-bond acceptors (Lipinski definition) is 0. The van der Waals surface area contributed by atoms with E-state index in [2.05, 4.69) is 120 Å². The number of fused-ring (bicyclic) bond motifs is 6. The van der Waals surface area contributed by atoms with Crippen LogP contribution in [0.5, 0.6) is 0 Å². The first kappa shape index (κ1) is 23.1. The van der Waals surface area contributed by atoms with Crippen LogP contribution in [-0.2, 0) is 0 Å². The molecule has 0 radical (unpaired) electrons. The van der Waals surface area contributed by atoms with Crippen molar-refractivity contribution in [1.29, 1.82) is 0 Å². The second kappa shape index (κ2) is 8.25. The zero-order chi connectivity index (χ0) is 23.4. The van der Waals surface area contributed by atoms with E-state index in [9.17, 15) is 0 Å². The summed E-state index contributed by atoms with van der Waals surface area (Å²) in [4.78, 5) is 0. The van der Waals surface area contributed by atoms with Gasteiger partial charge in [0.25, 0.3) is 0 Å². The van der Waals surface area contributed by atoms with Crippen molar-refractivity contribution in [1.82, 2.24) is 0 Å². The Morgan fingerprint density at radius 3 is 1.30 bits per heavy atom. The summed E-state index contributed by atoms with van der Waals surface area (Å²) in [5.74, 6) is 0. The molecule has 0 unspecified atom stereocenters. The third-order valence-corrected chi connectivity index (χ3v) is 44.7. The summed E-state index contributed by atoms with van der Waals surface area (Å²) in [6.07, 6.45) is 0. The summed E-state index contributed by atoms with van der Waals surface area (Å²) in [5.41, 5.74) is 0. The van der Waals surface area contributed by atoms with Crippen LogP contribution in [0, 0.1) is 10.4 Å². The predicted molar refractivity (Wildman–Crippen MR) is 156 cm³/mol. The molecule has 0 N–H and O–H groups in total. The zero-order valence-corrected chi connectivity index (χ0v) is 25.9. The molecule has 0 atom stereocenters. The van der Waals surface area contributed by atoms with Crippen LogP contribution in [0.1, 0.15) is 0 Å². The van der Waals surface area contributed by atoms with E-state index < -0.39 is 34.5 Å². The molecule has 3 heteroatoms. The molecule has 168 valence electrons. The normalized spacial score (nSPS) is 15.3. The second-order valence-corrected chi connectivity index (χ2v) is 38.2. The van der Waals surface area contributed by atoms with Crippen molar-refractivity contribution in [3.8, 4) is 0 Å². The molecule has 0 bridgehead atoms. The van der Waals surface area contributed by atoms with E-state index in [1.165, 1.54) is 50.5 Å². The van der Waals surface area contributed by atoms with Crippen LogP contribution in [0.25, 0.3) is 29.7 Å². The van der Waals surface area contributed by atoms with E-state index in [0.717, 1.165) is 0 Å². The van der Waals surface area contributed by atoms with Crippen LogP contribution in [0.3, 0.4) is 0 Å². The molecule has 5 rings (SSSR count). The molecule has 0 fully saturated rings. The summed E-state index contributed by atoms with van der Waals surface area (Å²) in [5, 5.41) is 11.5. The first-order chi connectivity index (χ1) is 15.5. The predicted octanol–water partition coefficient (Wildman–Crippen LogP) is 7.14. The molecule has 0 aliphatic carbocycles. The van der Waals surface area contributed by atoms with Crippen molar-refractivity contribution >= 4 is 64.3 Å². The van der Waals surface area contributed by atoms with Gasteiger partial charge in [-0.25, -0.2) is 0 Å². The molecule has 1 aliphatic heterocycles. The molecular formula is C30H36Si2Sn. The zero-order valence-electron chi connectivity index (χ0n) is 21.0. The van der Waals surface area contributed by atoms with E-state index in [0.29, 0.717) is 0 Å². The Hall–Kier alpha value is -1.63. The Morgan fingerprint density at radius 2 is 0.909 bits per heavy atom. The third kappa shape index (κ3) is 4.67. The quantitative estimate of drug-likeness (QED) is 0.229. The molecule has 0 amide bonds. The van der Waals surface area contributed by atoms with Crippen molar-refractivity contribution in [2.24, 2.45) is 0 Å². The van der Waals surface area contributed by atoms with Gasteiger partial charge in [0, 0.05) is 0 Å². The summed E-state index contributed by atoms with van der Waals surface area (Å²) in [6, 6.07) is 27.6. The van der Waals surface area contributed by atoms with Crippen LogP contribution in [-0.4, -0.2) is 34.5 Å². The molecule has 4 aromatic rings. The van der Waals surface area contributed by atoms with E-state index in [1.807, 2.05) is 0 Å². The van der Waals surface area contributed by atoms with Crippen molar-refractivity contribution in [3.63, 3.8) is 0 Å². The maximum absolute atomic E-state index is 2.89. The van der Waals surface area contributed by atoms with Crippen LogP contribution in [0.15, 0.2) is 72.8 Å². The second-order valence-electron chi connectivity index (χ2n) is 12.5. The standard InChI is InChI=1S/C22H14.2C4H11Si.Sn/c1-15-11-13-17-7-3-5-9-19(17)21(15)22-16(2)12-14-18-8-4-6-10-20(18)22;2*1-5(2,3)4;/h1-14H;2*1H2,2-4H3;. The van der Waals surface area contributed by atoms with Gasteiger partial charge in [-0.1, -0.05) is 0 Å². The SMILES string of the molecule is C[Si](C)(C)[CH2][Sn]1([CH2][Si](C)(C)C)[CH]=c2ccc3ccccc3c2=c2c(ccc3ccccc23)=[CH]1. The Morgan fingerprint density at radius 1 is 0.515 bits per heavy atom. The molecule has 1 aliphatic rings. The van der Waals surface area contributed by atoms with Crippen molar-refractivity contribution < 1.29 is 0 Å². The number of hydrogen-bond donors (Lipinski definition) is 0. The van der Waals surface area contributed by atoms with Crippen molar-refractivity contribution in [2.75, 3.05) is 0 Å². The van der Waals surface area contributed by atoms with Crippen molar-refractivity contribution in [3.05, 3.63) is 93.7 Å². The van der Waals surface area contributed by atoms with Gasteiger partial charge < -0.3 is 0 Å². The average Bonchev–Trinajstić information content (AvgIpc) is 2.84. The van der Waals surface area contributed by atoms with E-state index in [-0.39, 0.29) is 0 Å². The Balaban J connectivity index is 2.08. The van der Waals surface area contributed by atoms with E-state index in [4.69, 9.17) is 0 Å². The summed E-state index contributed by atoms with van der Waals surface area (Å²) in [7, 11) is -2.47. The number of rotatable bonds is 4. The fourth-order valence-corrected chi connectivity index (χ4v) is 56.8. The van der Waals surface area contributed by atoms with Gasteiger partial charge in [0.15, 0.2) is 0 Å².